The maximum absolute atomic E-state index is 6.03. The van der Waals surface area contributed by atoms with Crippen LogP contribution >= 0.6 is 0 Å². The molecule has 0 bridgehead atoms. The van der Waals surface area contributed by atoms with E-state index in [1.807, 2.05) is 42.5 Å². The van der Waals surface area contributed by atoms with Crippen molar-refractivity contribution in [1.29, 1.82) is 0 Å². The Morgan fingerprint density at radius 2 is 1.65 bits per heavy atom. The molecule has 0 heterocycles. The minimum atomic E-state index is 0.163. The van der Waals surface area contributed by atoms with Crippen molar-refractivity contribution in [1.82, 2.24) is 0 Å². The van der Waals surface area contributed by atoms with E-state index >= 15 is 0 Å². The lowest BCUT2D eigenvalue weighted by molar-refractivity contribution is 0.412. The average Bonchev–Trinajstić information content (AvgIpc) is 2.50. The van der Waals surface area contributed by atoms with Crippen molar-refractivity contribution in [2.45, 2.75) is 25.8 Å². The van der Waals surface area contributed by atoms with Crippen LogP contribution in [0.2, 0.25) is 0 Å². The molecule has 3 heteroatoms. The molecule has 2 rings (SSSR count). The zero-order chi connectivity index (χ0) is 14.4. The molecule has 1 atom stereocenters. The lowest BCUT2D eigenvalue weighted by Crippen LogP contribution is -2.21. The maximum Gasteiger partial charge on any atom is 0.130 e. The van der Waals surface area contributed by atoms with Crippen LogP contribution in [0.25, 0.3) is 0 Å². The molecular weight excluding hydrogens is 250 g/mol. The van der Waals surface area contributed by atoms with Gasteiger partial charge in [-0.15, -0.1) is 0 Å². The number of hydrogen-bond acceptors (Lipinski definition) is 3. The van der Waals surface area contributed by atoms with Gasteiger partial charge in [-0.25, -0.2) is 0 Å². The molecule has 0 saturated carbocycles. The summed E-state index contributed by atoms with van der Waals surface area (Å²) in [5.74, 6) is 2.48. The van der Waals surface area contributed by atoms with Crippen LogP contribution in [0.5, 0.6) is 17.2 Å². The van der Waals surface area contributed by atoms with Crippen LogP contribution in [0.1, 0.15) is 18.9 Å². The Labute approximate surface area is 120 Å². The Kier molecular flexibility index (Phi) is 5.02. The summed E-state index contributed by atoms with van der Waals surface area (Å²) in [5, 5.41) is 0. The zero-order valence-electron chi connectivity index (χ0n) is 12.0. The van der Waals surface area contributed by atoms with E-state index in [2.05, 4.69) is 13.0 Å². The number of methoxy groups -OCH3 is 1. The largest absolute Gasteiger partial charge is 0.497 e. The van der Waals surface area contributed by atoms with Crippen LogP contribution in [-0.4, -0.2) is 13.2 Å². The molecule has 0 aliphatic rings. The van der Waals surface area contributed by atoms with Gasteiger partial charge >= 0.3 is 0 Å². The molecule has 1 unspecified atom stereocenters. The Morgan fingerprint density at radius 3 is 2.30 bits per heavy atom. The third kappa shape index (κ3) is 3.75. The molecule has 20 heavy (non-hydrogen) atoms. The SMILES string of the molecule is CCC(N)Cc1ccccc1Oc1ccc(OC)cc1. The van der Waals surface area contributed by atoms with Crippen molar-refractivity contribution in [3.63, 3.8) is 0 Å². The molecule has 0 aromatic heterocycles. The minimum Gasteiger partial charge on any atom is -0.497 e. The van der Waals surface area contributed by atoms with Gasteiger partial charge in [0, 0.05) is 6.04 Å². The van der Waals surface area contributed by atoms with E-state index in [1.165, 1.54) is 0 Å². The van der Waals surface area contributed by atoms with E-state index in [1.54, 1.807) is 7.11 Å². The molecule has 106 valence electrons. The first-order valence-electron chi connectivity index (χ1n) is 6.88. The van der Waals surface area contributed by atoms with E-state index < -0.39 is 0 Å². The highest BCUT2D eigenvalue weighted by Gasteiger charge is 2.08. The van der Waals surface area contributed by atoms with Crippen molar-refractivity contribution >= 4 is 0 Å². The van der Waals surface area contributed by atoms with Crippen molar-refractivity contribution < 1.29 is 9.47 Å². The van der Waals surface area contributed by atoms with Gasteiger partial charge in [0.2, 0.25) is 0 Å². The molecule has 0 fully saturated rings. The van der Waals surface area contributed by atoms with Crippen LogP contribution in [0, 0.1) is 0 Å². The molecule has 0 spiro atoms. The van der Waals surface area contributed by atoms with Crippen molar-refractivity contribution in [3.05, 3.63) is 54.1 Å². The van der Waals surface area contributed by atoms with E-state index in [0.717, 1.165) is 35.7 Å². The van der Waals surface area contributed by atoms with Gasteiger partial charge in [-0.3, -0.25) is 0 Å². The fraction of sp³-hybridized carbons (Fsp3) is 0.294. The highest BCUT2D eigenvalue weighted by molar-refractivity contribution is 5.39. The predicted molar refractivity (Wildman–Crippen MR) is 81.5 cm³/mol. The molecule has 0 saturated heterocycles. The molecular formula is C17H21NO2. The highest BCUT2D eigenvalue weighted by atomic mass is 16.5. The van der Waals surface area contributed by atoms with Gasteiger partial charge in [-0.05, 0) is 48.7 Å². The van der Waals surface area contributed by atoms with Crippen LogP contribution < -0.4 is 15.2 Å². The summed E-state index contributed by atoms with van der Waals surface area (Å²) < 4.78 is 11.1. The van der Waals surface area contributed by atoms with Gasteiger partial charge in [0.25, 0.3) is 0 Å². The van der Waals surface area contributed by atoms with Crippen molar-refractivity contribution in [2.24, 2.45) is 5.73 Å². The molecule has 0 aliphatic heterocycles. The first kappa shape index (κ1) is 14.4. The molecule has 2 N–H and O–H groups in total. The fourth-order valence-electron chi connectivity index (χ4n) is 1.97. The zero-order valence-corrected chi connectivity index (χ0v) is 12.0. The van der Waals surface area contributed by atoms with E-state index in [0.29, 0.717) is 0 Å². The number of hydrogen-bond donors (Lipinski definition) is 1. The Morgan fingerprint density at radius 1 is 1.00 bits per heavy atom. The standard InChI is InChI=1S/C17H21NO2/c1-3-14(18)12-13-6-4-5-7-17(13)20-16-10-8-15(19-2)9-11-16/h4-11,14H,3,12,18H2,1-2H3. The molecule has 2 aromatic rings. The van der Waals surface area contributed by atoms with Crippen LogP contribution in [-0.2, 0) is 6.42 Å². The first-order valence-corrected chi connectivity index (χ1v) is 6.88. The van der Waals surface area contributed by atoms with E-state index in [-0.39, 0.29) is 6.04 Å². The quantitative estimate of drug-likeness (QED) is 0.869. The molecule has 0 radical (unpaired) electrons. The summed E-state index contributed by atoms with van der Waals surface area (Å²) in [6.45, 7) is 2.09. The van der Waals surface area contributed by atoms with Crippen molar-refractivity contribution in [2.75, 3.05) is 7.11 Å². The smallest absolute Gasteiger partial charge is 0.130 e. The normalized spacial score (nSPS) is 11.9. The molecule has 0 aliphatic carbocycles. The third-order valence-corrected chi connectivity index (χ3v) is 3.27. The second-order valence-electron chi connectivity index (χ2n) is 4.76. The first-order chi connectivity index (χ1) is 9.72. The predicted octanol–water partition coefficient (Wildman–Crippen LogP) is 3.77. The highest BCUT2D eigenvalue weighted by Crippen LogP contribution is 2.27. The van der Waals surface area contributed by atoms with E-state index in [4.69, 9.17) is 15.2 Å². The van der Waals surface area contributed by atoms with Gasteiger partial charge in [-0.2, -0.15) is 0 Å². The second-order valence-corrected chi connectivity index (χ2v) is 4.76. The maximum atomic E-state index is 6.03. The molecule has 0 amide bonds. The second kappa shape index (κ2) is 6.96. The molecule has 2 aromatic carbocycles. The number of para-hydroxylation sites is 1. The summed E-state index contributed by atoms with van der Waals surface area (Å²) in [5.41, 5.74) is 7.17. The Bertz CT molecular complexity index is 537. The van der Waals surface area contributed by atoms with Gasteiger partial charge in [-0.1, -0.05) is 25.1 Å². The van der Waals surface area contributed by atoms with Gasteiger partial charge in [0.15, 0.2) is 0 Å². The van der Waals surface area contributed by atoms with Crippen LogP contribution in [0.3, 0.4) is 0 Å². The average molecular weight is 271 g/mol. The van der Waals surface area contributed by atoms with Gasteiger partial charge < -0.3 is 15.2 Å². The Hall–Kier alpha value is -2.00. The number of rotatable bonds is 6. The minimum absolute atomic E-state index is 0.163. The Balaban J connectivity index is 2.15. The van der Waals surface area contributed by atoms with Crippen molar-refractivity contribution in [3.8, 4) is 17.2 Å². The van der Waals surface area contributed by atoms with Gasteiger partial charge in [0.05, 0.1) is 7.11 Å². The number of benzene rings is 2. The summed E-state index contributed by atoms with van der Waals surface area (Å²) in [7, 11) is 1.65. The van der Waals surface area contributed by atoms with Crippen LogP contribution in [0.15, 0.2) is 48.5 Å². The number of nitrogens with two attached hydrogens (primary N) is 1. The lowest BCUT2D eigenvalue weighted by atomic mass is 10.0. The summed E-state index contributed by atoms with van der Waals surface area (Å²) in [4.78, 5) is 0. The van der Waals surface area contributed by atoms with E-state index in [9.17, 15) is 0 Å². The summed E-state index contributed by atoms with van der Waals surface area (Å²) >= 11 is 0. The summed E-state index contributed by atoms with van der Waals surface area (Å²) in [6, 6.07) is 15.8. The topological polar surface area (TPSA) is 44.5 Å². The summed E-state index contributed by atoms with van der Waals surface area (Å²) in [6.07, 6.45) is 1.78. The molecule has 3 nitrogen and oxygen atoms in total. The van der Waals surface area contributed by atoms with Gasteiger partial charge in [0.1, 0.15) is 17.2 Å². The van der Waals surface area contributed by atoms with Crippen LogP contribution in [0.4, 0.5) is 0 Å². The fourth-order valence-corrected chi connectivity index (χ4v) is 1.97. The lowest BCUT2D eigenvalue weighted by Gasteiger charge is -2.14. The number of ether oxygens (including phenoxy) is 2. The third-order valence-electron chi connectivity index (χ3n) is 3.27. The monoisotopic (exact) mass is 271 g/mol.